The Labute approximate surface area is 104 Å². The number of nitrogens with one attached hydrogen (secondary N) is 1. The highest BCUT2D eigenvalue weighted by Gasteiger charge is 2.37. The average Bonchev–Trinajstić information content (AvgIpc) is 3.04. The van der Waals surface area contributed by atoms with Crippen LogP contribution in [-0.2, 0) is 14.6 Å². The zero-order valence-electron chi connectivity index (χ0n) is 10.6. The molecule has 4 nitrogen and oxygen atoms in total. The fourth-order valence-electron chi connectivity index (χ4n) is 2.24. The molecule has 0 aromatic rings. The van der Waals surface area contributed by atoms with E-state index in [1.807, 2.05) is 0 Å². The summed E-state index contributed by atoms with van der Waals surface area (Å²) >= 11 is 0. The SMILES string of the molecule is CCS(=O)(=O)CCC1(CNC2CC2)CCOC1. The van der Waals surface area contributed by atoms with Crippen LogP contribution in [0.5, 0.6) is 0 Å². The minimum Gasteiger partial charge on any atom is -0.381 e. The van der Waals surface area contributed by atoms with Crippen LogP contribution in [0.15, 0.2) is 0 Å². The number of ether oxygens (including phenoxy) is 1. The molecule has 5 heteroatoms. The topological polar surface area (TPSA) is 55.4 Å². The van der Waals surface area contributed by atoms with Crippen molar-refractivity contribution in [3.63, 3.8) is 0 Å². The van der Waals surface area contributed by atoms with E-state index in [0.29, 0.717) is 18.4 Å². The van der Waals surface area contributed by atoms with Crippen molar-refractivity contribution in [3.05, 3.63) is 0 Å². The summed E-state index contributed by atoms with van der Waals surface area (Å²) in [6.07, 6.45) is 4.27. The molecule has 2 aliphatic rings. The first-order valence-electron chi connectivity index (χ1n) is 6.57. The van der Waals surface area contributed by atoms with Gasteiger partial charge >= 0.3 is 0 Å². The Morgan fingerprint density at radius 3 is 2.71 bits per heavy atom. The molecule has 2 rings (SSSR count). The summed E-state index contributed by atoms with van der Waals surface area (Å²) in [6, 6.07) is 0.676. The second-order valence-corrected chi connectivity index (χ2v) is 7.92. The molecule has 100 valence electrons. The first-order chi connectivity index (χ1) is 8.05. The first kappa shape index (κ1) is 13.3. The van der Waals surface area contributed by atoms with E-state index in [0.717, 1.165) is 26.0 Å². The van der Waals surface area contributed by atoms with Gasteiger partial charge in [-0.2, -0.15) is 0 Å². The Hall–Kier alpha value is -0.130. The molecule has 1 atom stereocenters. The van der Waals surface area contributed by atoms with Gasteiger partial charge in [0.15, 0.2) is 0 Å². The molecular weight excluding hydrogens is 238 g/mol. The number of rotatable bonds is 7. The molecule has 1 saturated heterocycles. The molecule has 1 N–H and O–H groups in total. The van der Waals surface area contributed by atoms with Crippen molar-refractivity contribution >= 4 is 9.84 Å². The summed E-state index contributed by atoms with van der Waals surface area (Å²) in [6.45, 7) is 4.12. The summed E-state index contributed by atoms with van der Waals surface area (Å²) in [4.78, 5) is 0. The van der Waals surface area contributed by atoms with Gasteiger partial charge in [0.2, 0.25) is 0 Å². The maximum absolute atomic E-state index is 11.6. The van der Waals surface area contributed by atoms with Crippen LogP contribution in [0.25, 0.3) is 0 Å². The third-order valence-electron chi connectivity index (χ3n) is 3.91. The Bertz CT molecular complexity index is 343. The van der Waals surface area contributed by atoms with Crippen molar-refractivity contribution < 1.29 is 13.2 Å². The van der Waals surface area contributed by atoms with Crippen molar-refractivity contribution in [1.29, 1.82) is 0 Å². The van der Waals surface area contributed by atoms with Gasteiger partial charge in [-0.05, 0) is 25.7 Å². The summed E-state index contributed by atoms with van der Waals surface area (Å²) in [5.41, 5.74) is 0.0603. The van der Waals surface area contributed by atoms with Gasteiger partial charge in [0, 0.05) is 30.4 Å². The normalized spacial score (nSPS) is 29.7. The second-order valence-electron chi connectivity index (χ2n) is 5.44. The summed E-state index contributed by atoms with van der Waals surface area (Å²) in [7, 11) is -2.85. The second kappa shape index (κ2) is 5.24. The van der Waals surface area contributed by atoms with Gasteiger partial charge in [-0.1, -0.05) is 6.92 Å². The lowest BCUT2D eigenvalue weighted by atomic mass is 9.84. The quantitative estimate of drug-likeness (QED) is 0.742. The smallest absolute Gasteiger partial charge is 0.150 e. The van der Waals surface area contributed by atoms with E-state index in [9.17, 15) is 8.42 Å². The van der Waals surface area contributed by atoms with E-state index in [1.54, 1.807) is 6.92 Å². The van der Waals surface area contributed by atoms with E-state index < -0.39 is 9.84 Å². The van der Waals surface area contributed by atoms with Gasteiger partial charge in [-0.25, -0.2) is 8.42 Å². The third-order valence-corrected chi connectivity index (χ3v) is 5.62. The molecule has 0 aromatic carbocycles. The van der Waals surface area contributed by atoms with E-state index in [2.05, 4.69) is 5.32 Å². The Balaban J connectivity index is 1.86. The van der Waals surface area contributed by atoms with Crippen LogP contribution in [0.1, 0.15) is 32.6 Å². The lowest BCUT2D eigenvalue weighted by Gasteiger charge is -2.27. The maximum Gasteiger partial charge on any atom is 0.150 e. The highest BCUT2D eigenvalue weighted by molar-refractivity contribution is 7.91. The lowest BCUT2D eigenvalue weighted by Crippen LogP contribution is -2.37. The zero-order chi connectivity index (χ0) is 12.4. The summed E-state index contributed by atoms with van der Waals surface area (Å²) < 4.78 is 28.7. The number of hydrogen-bond acceptors (Lipinski definition) is 4. The summed E-state index contributed by atoms with van der Waals surface area (Å²) in [5, 5.41) is 3.52. The van der Waals surface area contributed by atoms with Crippen LogP contribution < -0.4 is 5.32 Å². The van der Waals surface area contributed by atoms with Gasteiger partial charge in [0.05, 0.1) is 12.4 Å². The third kappa shape index (κ3) is 3.93. The largest absolute Gasteiger partial charge is 0.381 e. The van der Waals surface area contributed by atoms with Crippen LogP contribution in [0.3, 0.4) is 0 Å². The maximum atomic E-state index is 11.6. The monoisotopic (exact) mass is 261 g/mol. The predicted octanol–water partition coefficient (Wildman–Crippen LogP) is 0.970. The Morgan fingerprint density at radius 2 is 2.18 bits per heavy atom. The molecule has 0 aromatic heterocycles. The van der Waals surface area contributed by atoms with E-state index in [-0.39, 0.29) is 11.2 Å². The molecule has 1 heterocycles. The van der Waals surface area contributed by atoms with Crippen LogP contribution in [0.4, 0.5) is 0 Å². The molecule has 17 heavy (non-hydrogen) atoms. The van der Waals surface area contributed by atoms with Gasteiger partial charge in [-0.3, -0.25) is 0 Å². The summed E-state index contributed by atoms with van der Waals surface area (Å²) in [5.74, 6) is 0.555. The van der Waals surface area contributed by atoms with Gasteiger partial charge < -0.3 is 10.1 Å². The molecule has 0 bridgehead atoms. The van der Waals surface area contributed by atoms with Crippen molar-refractivity contribution in [3.8, 4) is 0 Å². The lowest BCUT2D eigenvalue weighted by molar-refractivity contribution is 0.147. The van der Waals surface area contributed by atoms with Gasteiger partial charge in [-0.15, -0.1) is 0 Å². The average molecular weight is 261 g/mol. The minimum absolute atomic E-state index is 0.0603. The highest BCUT2D eigenvalue weighted by Crippen LogP contribution is 2.33. The zero-order valence-corrected chi connectivity index (χ0v) is 11.4. The number of hydrogen-bond donors (Lipinski definition) is 1. The van der Waals surface area contributed by atoms with Crippen molar-refractivity contribution in [1.82, 2.24) is 5.32 Å². The van der Waals surface area contributed by atoms with E-state index >= 15 is 0 Å². The van der Waals surface area contributed by atoms with Crippen molar-refractivity contribution in [2.75, 3.05) is 31.3 Å². The molecule has 2 fully saturated rings. The van der Waals surface area contributed by atoms with E-state index in [1.165, 1.54) is 12.8 Å². The van der Waals surface area contributed by atoms with Crippen LogP contribution >= 0.6 is 0 Å². The molecule has 1 aliphatic heterocycles. The van der Waals surface area contributed by atoms with Crippen LogP contribution in [-0.4, -0.2) is 45.7 Å². The fourth-order valence-corrected chi connectivity index (χ4v) is 3.27. The van der Waals surface area contributed by atoms with Gasteiger partial charge in [0.25, 0.3) is 0 Å². The Kier molecular flexibility index (Phi) is 4.10. The standard InChI is InChI=1S/C12H23NO3S/c1-2-17(14,15)8-6-12(5-7-16-10-12)9-13-11-3-4-11/h11,13H,2-10H2,1H3. The molecular formula is C12H23NO3S. The van der Waals surface area contributed by atoms with Crippen LogP contribution in [0, 0.1) is 5.41 Å². The van der Waals surface area contributed by atoms with E-state index in [4.69, 9.17) is 4.74 Å². The molecule has 0 spiro atoms. The van der Waals surface area contributed by atoms with Crippen LogP contribution in [0.2, 0.25) is 0 Å². The predicted molar refractivity (Wildman–Crippen MR) is 67.8 cm³/mol. The first-order valence-corrected chi connectivity index (χ1v) is 8.39. The minimum atomic E-state index is -2.85. The highest BCUT2D eigenvalue weighted by atomic mass is 32.2. The molecule has 1 unspecified atom stereocenters. The van der Waals surface area contributed by atoms with Gasteiger partial charge in [0.1, 0.15) is 9.84 Å². The number of sulfone groups is 1. The molecule has 0 amide bonds. The molecule has 1 saturated carbocycles. The molecule has 1 aliphatic carbocycles. The molecule has 0 radical (unpaired) electrons. The van der Waals surface area contributed by atoms with Crippen molar-refractivity contribution in [2.24, 2.45) is 5.41 Å². The Morgan fingerprint density at radius 1 is 1.41 bits per heavy atom. The fraction of sp³-hybridized carbons (Fsp3) is 1.00. The van der Waals surface area contributed by atoms with Crippen molar-refractivity contribution in [2.45, 2.75) is 38.6 Å².